The van der Waals surface area contributed by atoms with Gasteiger partial charge in [0.1, 0.15) is 6.04 Å². The number of carbonyl (C=O) groups excluding carboxylic acids is 1. The van der Waals surface area contributed by atoms with Crippen molar-refractivity contribution < 1.29 is 18.0 Å². The molecule has 28 heavy (non-hydrogen) atoms. The molecule has 1 heterocycles. The molecular weight excluding hydrogens is 367 g/mol. The monoisotopic (exact) mass is 385 g/mol. The average Bonchev–Trinajstić information content (AvgIpc) is 2.68. The molecule has 144 valence electrons. The maximum absolute atomic E-state index is 12.7. The minimum atomic E-state index is -4.39. The van der Waals surface area contributed by atoms with Gasteiger partial charge >= 0.3 is 6.18 Å². The van der Waals surface area contributed by atoms with Gasteiger partial charge in [-0.1, -0.05) is 24.3 Å². The van der Waals surface area contributed by atoms with Gasteiger partial charge < -0.3 is 11.1 Å². The number of hydrogen-bond acceptors (Lipinski definition) is 3. The van der Waals surface area contributed by atoms with E-state index in [0.29, 0.717) is 11.3 Å². The van der Waals surface area contributed by atoms with Gasteiger partial charge in [0.05, 0.1) is 5.56 Å². The second-order valence-corrected chi connectivity index (χ2v) is 6.31. The standard InChI is InChI=1S/C21H18F3N3O/c22-21(23,24)17-5-1-14(2-6-17)13-19(20(25)28)27-18-7-3-15(4-8-18)16-9-11-26-12-10-16/h1-12,19,27H,13H2,(H2,25,28). The first-order chi connectivity index (χ1) is 13.3. The van der Waals surface area contributed by atoms with Crippen molar-refractivity contribution in [2.75, 3.05) is 5.32 Å². The van der Waals surface area contributed by atoms with Gasteiger partial charge in [-0.25, -0.2) is 0 Å². The van der Waals surface area contributed by atoms with Crippen molar-refractivity contribution in [3.8, 4) is 11.1 Å². The van der Waals surface area contributed by atoms with Crippen molar-refractivity contribution in [3.63, 3.8) is 0 Å². The molecule has 4 nitrogen and oxygen atoms in total. The van der Waals surface area contributed by atoms with Crippen LogP contribution in [0.4, 0.5) is 18.9 Å². The van der Waals surface area contributed by atoms with Crippen molar-refractivity contribution in [3.05, 3.63) is 84.2 Å². The van der Waals surface area contributed by atoms with Crippen LogP contribution in [0.25, 0.3) is 11.1 Å². The Morgan fingerprint density at radius 3 is 2.04 bits per heavy atom. The summed E-state index contributed by atoms with van der Waals surface area (Å²) in [6, 6.07) is 15.2. The van der Waals surface area contributed by atoms with E-state index >= 15 is 0 Å². The number of nitrogens with one attached hydrogen (secondary N) is 1. The first kappa shape index (κ1) is 19.4. The lowest BCUT2D eigenvalue weighted by Crippen LogP contribution is -2.37. The normalized spacial score (nSPS) is 12.4. The molecule has 0 saturated carbocycles. The number of rotatable bonds is 6. The largest absolute Gasteiger partial charge is 0.416 e. The number of primary amides is 1. The smallest absolute Gasteiger partial charge is 0.373 e. The lowest BCUT2D eigenvalue weighted by Gasteiger charge is -2.17. The number of anilines is 1. The van der Waals surface area contributed by atoms with Crippen LogP contribution in [0.2, 0.25) is 0 Å². The third-order valence-electron chi connectivity index (χ3n) is 4.30. The number of benzene rings is 2. The van der Waals surface area contributed by atoms with Crippen LogP contribution in [0.1, 0.15) is 11.1 Å². The highest BCUT2D eigenvalue weighted by molar-refractivity contribution is 5.83. The fraction of sp³-hybridized carbons (Fsp3) is 0.143. The fourth-order valence-corrected chi connectivity index (χ4v) is 2.79. The van der Waals surface area contributed by atoms with Gasteiger partial charge in [-0.2, -0.15) is 13.2 Å². The molecule has 3 rings (SSSR count). The predicted octanol–water partition coefficient (Wildman–Crippen LogP) is 4.28. The highest BCUT2D eigenvalue weighted by Gasteiger charge is 2.30. The lowest BCUT2D eigenvalue weighted by atomic mass is 10.0. The van der Waals surface area contributed by atoms with E-state index in [9.17, 15) is 18.0 Å². The Kier molecular flexibility index (Phi) is 5.63. The molecule has 3 aromatic rings. The maximum atomic E-state index is 12.7. The van der Waals surface area contributed by atoms with E-state index in [1.54, 1.807) is 12.4 Å². The van der Waals surface area contributed by atoms with Crippen LogP contribution >= 0.6 is 0 Å². The van der Waals surface area contributed by atoms with E-state index in [2.05, 4.69) is 10.3 Å². The SMILES string of the molecule is NC(=O)C(Cc1ccc(C(F)(F)F)cc1)Nc1ccc(-c2ccncc2)cc1. The summed E-state index contributed by atoms with van der Waals surface area (Å²) < 4.78 is 38.0. The van der Waals surface area contributed by atoms with Crippen LogP contribution in [0.5, 0.6) is 0 Å². The van der Waals surface area contributed by atoms with Crippen LogP contribution in [0, 0.1) is 0 Å². The highest BCUT2D eigenvalue weighted by Crippen LogP contribution is 2.29. The second kappa shape index (κ2) is 8.12. The van der Waals surface area contributed by atoms with E-state index in [1.165, 1.54) is 12.1 Å². The molecular formula is C21H18F3N3O. The molecule has 0 saturated heterocycles. The summed E-state index contributed by atoms with van der Waals surface area (Å²) in [5.41, 5.74) is 8.01. The van der Waals surface area contributed by atoms with E-state index in [-0.39, 0.29) is 6.42 Å². The minimum absolute atomic E-state index is 0.180. The van der Waals surface area contributed by atoms with E-state index in [1.807, 2.05) is 36.4 Å². The van der Waals surface area contributed by atoms with Crippen molar-refractivity contribution in [1.82, 2.24) is 4.98 Å². The first-order valence-electron chi connectivity index (χ1n) is 8.55. The second-order valence-electron chi connectivity index (χ2n) is 6.31. The highest BCUT2D eigenvalue weighted by atomic mass is 19.4. The Balaban J connectivity index is 1.70. The number of hydrogen-bond donors (Lipinski definition) is 2. The number of halogens is 3. The van der Waals surface area contributed by atoms with Gasteiger partial charge in [0, 0.05) is 24.5 Å². The summed E-state index contributed by atoms with van der Waals surface area (Å²) in [6.07, 6.45) is -0.806. The van der Waals surface area contributed by atoms with Crippen molar-refractivity contribution >= 4 is 11.6 Å². The van der Waals surface area contributed by atoms with Gasteiger partial charge in [0.25, 0.3) is 0 Å². The summed E-state index contributed by atoms with van der Waals surface area (Å²) in [5.74, 6) is -0.585. The van der Waals surface area contributed by atoms with Crippen LogP contribution in [0.3, 0.4) is 0 Å². The topological polar surface area (TPSA) is 68.0 Å². The Bertz CT molecular complexity index is 924. The number of nitrogens with two attached hydrogens (primary N) is 1. The van der Waals surface area contributed by atoms with E-state index in [4.69, 9.17) is 5.73 Å². The zero-order chi connectivity index (χ0) is 20.1. The third-order valence-corrected chi connectivity index (χ3v) is 4.30. The van der Waals surface area contributed by atoms with Crippen molar-refractivity contribution in [2.45, 2.75) is 18.6 Å². The van der Waals surface area contributed by atoms with Crippen molar-refractivity contribution in [1.29, 1.82) is 0 Å². The van der Waals surface area contributed by atoms with Crippen LogP contribution in [-0.2, 0) is 17.4 Å². The van der Waals surface area contributed by atoms with Crippen molar-refractivity contribution in [2.24, 2.45) is 5.73 Å². The van der Waals surface area contributed by atoms with Crippen LogP contribution < -0.4 is 11.1 Å². The Labute approximate surface area is 160 Å². The summed E-state index contributed by atoms with van der Waals surface area (Å²) >= 11 is 0. The fourth-order valence-electron chi connectivity index (χ4n) is 2.79. The van der Waals surface area contributed by atoms with Gasteiger partial charge in [0.15, 0.2) is 0 Å². The zero-order valence-electron chi connectivity index (χ0n) is 14.8. The number of alkyl halides is 3. The van der Waals surface area contributed by atoms with Gasteiger partial charge in [-0.15, -0.1) is 0 Å². The van der Waals surface area contributed by atoms with Gasteiger partial charge in [0.2, 0.25) is 5.91 Å². The summed E-state index contributed by atoms with van der Waals surface area (Å²) in [7, 11) is 0. The molecule has 0 bridgehead atoms. The molecule has 0 aliphatic rings. The van der Waals surface area contributed by atoms with Crippen LogP contribution in [0.15, 0.2) is 73.1 Å². The Hall–Kier alpha value is -3.35. The molecule has 7 heteroatoms. The molecule has 1 atom stereocenters. The molecule has 1 unspecified atom stereocenters. The number of pyridine rings is 1. The minimum Gasteiger partial charge on any atom is -0.373 e. The molecule has 0 aliphatic carbocycles. The molecule has 0 radical (unpaired) electrons. The number of amides is 1. The average molecular weight is 385 g/mol. The number of nitrogens with zero attached hydrogens (tertiary/aromatic N) is 1. The molecule has 3 N–H and O–H groups in total. The first-order valence-corrected chi connectivity index (χ1v) is 8.55. The Morgan fingerprint density at radius 1 is 0.929 bits per heavy atom. The Morgan fingerprint density at radius 2 is 1.50 bits per heavy atom. The number of aromatic nitrogens is 1. The lowest BCUT2D eigenvalue weighted by molar-refractivity contribution is -0.137. The molecule has 0 fully saturated rings. The summed E-state index contributed by atoms with van der Waals surface area (Å²) in [5, 5.41) is 3.04. The zero-order valence-corrected chi connectivity index (χ0v) is 14.8. The molecule has 1 amide bonds. The number of carbonyl (C=O) groups is 1. The van der Waals surface area contributed by atoms with Crippen LogP contribution in [-0.4, -0.2) is 16.9 Å². The molecule has 0 aliphatic heterocycles. The molecule has 2 aromatic carbocycles. The predicted molar refractivity (Wildman–Crippen MR) is 101 cm³/mol. The summed E-state index contributed by atoms with van der Waals surface area (Å²) in [6.45, 7) is 0. The quantitative estimate of drug-likeness (QED) is 0.666. The maximum Gasteiger partial charge on any atom is 0.416 e. The van der Waals surface area contributed by atoms with E-state index < -0.39 is 23.7 Å². The third kappa shape index (κ3) is 4.88. The molecule has 0 spiro atoms. The van der Waals surface area contributed by atoms with Gasteiger partial charge in [-0.3, -0.25) is 9.78 Å². The van der Waals surface area contributed by atoms with E-state index in [0.717, 1.165) is 23.3 Å². The molecule has 1 aromatic heterocycles. The summed E-state index contributed by atoms with van der Waals surface area (Å²) in [4.78, 5) is 15.8. The van der Waals surface area contributed by atoms with Gasteiger partial charge in [-0.05, 0) is 53.1 Å².